The molecule has 0 N–H and O–H groups in total. The van der Waals surface area contributed by atoms with Crippen LogP contribution in [0, 0.1) is 5.92 Å². The van der Waals surface area contributed by atoms with Crippen LogP contribution in [-0.2, 0) is 11.3 Å². The zero-order valence-corrected chi connectivity index (χ0v) is 15.5. The minimum absolute atomic E-state index is 0.176. The quantitative estimate of drug-likeness (QED) is 0.576. The van der Waals surface area contributed by atoms with E-state index in [0.717, 1.165) is 23.6 Å². The van der Waals surface area contributed by atoms with E-state index in [-0.39, 0.29) is 5.91 Å². The zero-order valence-electron chi connectivity index (χ0n) is 15.5. The highest BCUT2D eigenvalue weighted by Gasteiger charge is 2.24. The van der Waals surface area contributed by atoms with E-state index >= 15 is 0 Å². The van der Waals surface area contributed by atoms with Crippen LogP contribution in [0.1, 0.15) is 51.5 Å². The van der Waals surface area contributed by atoms with Crippen LogP contribution in [0.3, 0.4) is 0 Å². The lowest BCUT2D eigenvalue weighted by molar-refractivity contribution is -0.120. The lowest BCUT2D eigenvalue weighted by atomic mass is 9.90. The molecule has 6 heteroatoms. The Kier molecular flexibility index (Phi) is 6.15. The number of hydrogen-bond donors (Lipinski definition) is 0. The van der Waals surface area contributed by atoms with Crippen molar-refractivity contribution in [1.29, 1.82) is 0 Å². The van der Waals surface area contributed by atoms with Crippen LogP contribution in [-0.4, -0.2) is 35.3 Å². The second-order valence-corrected chi connectivity index (χ2v) is 7.09. The van der Waals surface area contributed by atoms with Gasteiger partial charge in [-0.05, 0) is 50.3 Å². The Balaban J connectivity index is 1.57. The van der Waals surface area contributed by atoms with Gasteiger partial charge in [-0.3, -0.25) is 9.69 Å². The van der Waals surface area contributed by atoms with Crippen molar-refractivity contribution in [3.05, 3.63) is 29.8 Å². The summed E-state index contributed by atoms with van der Waals surface area (Å²) in [6.45, 7) is 4.91. The topological polar surface area (TPSA) is 66.6 Å². The van der Waals surface area contributed by atoms with Crippen molar-refractivity contribution in [1.82, 2.24) is 4.90 Å². The van der Waals surface area contributed by atoms with Crippen LogP contribution >= 0.6 is 0 Å². The van der Waals surface area contributed by atoms with Crippen molar-refractivity contribution in [2.75, 3.05) is 6.61 Å². The second kappa shape index (κ2) is 8.74. The first kappa shape index (κ1) is 18.3. The van der Waals surface area contributed by atoms with E-state index < -0.39 is 0 Å². The number of ether oxygens (including phenoxy) is 1. The molecule has 0 spiro atoms. The summed E-state index contributed by atoms with van der Waals surface area (Å²) in [6.07, 6.45) is 7.84. The molecule has 0 atom stereocenters. The molecule has 1 heterocycles. The van der Waals surface area contributed by atoms with Gasteiger partial charge in [0.05, 0.1) is 19.4 Å². The lowest BCUT2D eigenvalue weighted by Gasteiger charge is -2.21. The third-order valence-corrected chi connectivity index (χ3v) is 4.61. The van der Waals surface area contributed by atoms with Gasteiger partial charge in [0.15, 0.2) is 0 Å². The Morgan fingerprint density at radius 1 is 1.19 bits per heavy atom. The maximum atomic E-state index is 12.0. The summed E-state index contributed by atoms with van der Waals surface area (Å²) >= 11 is 0. The van der Waals surface area contributed by atoms with Crippen LogP contribution in [0.25, 0.3) is 0 Å². The number of aliphatic imine (C=N–C) groups is 1. The molecule has 1 fully saturated rings. The van der Waals surface area contributed by atoms with E-state index in [2.05, 4.69) is 15.2 Å². The van der Waals surface area contributed by atoms with Crippen molar-refractivity contribution in [3.8, 4) is 5.75 Å². The van der Waals surface area contributed by atoms with Crippen LogP contribution in [0.5, 0.6) is 5.75 Å². The van der Waals surface area contributed by atoms with Gasteiger partial charge in [-0.2, -0.15) is 5.10 Å². The van der Waals surface area contributed by atoms with Gasteiger partial charge in [0.1, 0.15) is 5.75 Å². The van der Waals surface area contributed by atoms with Gasteiger partial charge >= 0.3 is 0 Å². The molecule has 138 valence electrons. The first-order valence-electron chi connectivity index (χ1n) is 9.28. The Bertz CT molecular complexity index is 712. The summed E-state index contributed by atoms with van der Waals surface area (Å²) in [6, 6.07) is 7.89. The maximum Gasteiger partial charge on any atom is 0.272 e. The molecule has 26 heavy (non-hydrogen) atoms. The highest BCUT2D eigenvalue weighted by molar-refractivity contribution is 6.36. The van der Waals surface area contributed by atoms with Gasteiger partial charge in [-0.15, -0.1) is 5.10 Å². The number of nitrogens with zero attached hydrogens (tertiary/aromatic N) is 4. The van der Waals surface area contributed by atoms with Gasteiger partial charge in [-0.25, -0.2) is 4.99 Å². The lowest BCUT2D eigenvalue weighted by Crippen LogP contribution is -2.30. The standard InChI is InChI=1S/C20H26N4O2/c1-15(2)22-23-20-21-12-19(25)24(20)13-16-8-10-18(11-9-16)26-14-17-6-4-3-5-7-17/h8-12,17H,3-7,13-14H2,1-2H3. The molecule has 0 bridgehead atoms. The molecule has 2 aliphatic rings. The van der Waals surface area contributed by atoms with Crippen molar-refractivity contribution < 1.29 is 9.53 Å². The number of hydrogen-bond acceptors (Lipinski definition) is 4. The second-order valence-electron chi connectivity index (χ2n) is 7.09. The van der Waals surface area contributed by atoms with Gasteiger partial charge in [0.25, 0.3) is 11.9 Å². The summed E-state index contributed by atoms with van der Waals surface area (Å²) in [5.41, 5.74) is 1.81. The predicted octanol–water partition coefficient (Wildman–Crippen LogP) is 3.81. The summed E-state index contributed by atoms with van der Waals surface area (Å²) in [7, 11) is 0. The highest BCUT2D eigenvalue weighted by Crippen LogP contribution is 2.25. The monoisotopic (exact) mass is 354 g/mol. The number of guanidine groups is 1. The van der Waals surface area contributed by atoms with Crippen molar-refractivity contribution >= 4 is 23.8 Å². The highest BCUT2D eigenvalue weighted by atomic mass is 16.5. The third kappa shape index (κ3) is 5.00. The molecule has 1 amide bonds. The smallest absolute Gasteiger partial charge is 0.272 e. The summed E-state index contributed by atoms with van der Waals surface area (Å²) in [4.78, 5) is 17.6. The predicted molar refractivity (Wildman–Crippen MR) is 104 cm³/mol. The molecule has 1 aromatic carbocycles. The van der Waals surface area contributed by atoms with E-state index in [1.54, 1.807) is 0 Å². The Morgan fingerprint density at radius 3 is 2.62 bits per heavy atom. The number of carbonyl (C=O) groups excluding carboxylic acids is 1. The fourth-order valence-electron chi connectivity index (χ4n) is 3.17. The number of benzene rings is 1. The average Bonchev–Trinajstić information content (AvgIpc) is 3.00. The molecule has 1 saturated carbocycles. The molecule has 1 aromatic rings. The number of amides is 1. The summed E-state index contributed by atoms with van der Waals surface area (Å²) in [5.74, 6) is 1.71. The van der Waals surface area contributed by atoms with Gasteiger partial charge in [0, 0.05) is 5.71 Å². The molecule has 0 saturated heterocycles. The molecule has 3 rings (SSSR count). The molecule has 0 aromatic heterocycles. The van der Waals surface area contributed by atoms with E-state index in [9.17, 15) is 4.79 Å². The van der Waals surface area contributed by atoms with Gasteiger partial charge < -0.3 is 4.74 Å². The number of rotatable bonds is 6. The van der Waals surface area contributed by atoms with Crippen molar-refractivity contribution in [2.45, 2.75) is 52.5 Å². The molecular weight excluding hydrogens is 328 g/mol. The normalized spacial score (nSPS) is 19.2. The van der Waals surface area contributed by atoms with E-state index in [0.29, 0.717) is 18.4 Å². The fraction of sp³-hybridized carbons (Fsp3) is 0.500. The molecule has 0 unspecified atom stereocenters. The Labute approximate surface area is 154 Å². The molecule has 1 aliphatic carbocycles. The molecule has 1 aliphatic heterocycles. The first-order chi connectivity index (χ1) is 12.6. The van der Waals surface area contributed by atoms with Crippen molar-refractivity contribution in [2.24, 2.45) is 21.1 Å². The van der Waals surface area contributed by atoms with Crippen molar-refractivity contribution in [3.63, 3.8) is 0 Å². The minimum atomic E-state index is -0.176. The minimum Gasteiger partial charge on any atom is -0.493 e. The SMILES string of the molecule is CC(C)=NN=C1N=CC(=O)N1Cc1ccc(OCC2CCCCC2)cc1. The largest absolute Gasteiger partial charge is 0.493 e. The van der Waals surface area contributed by atoms with E-state index in [1.165, 1.54) is 43.2 Å². The Hall–Kier alpha value is -2.50. The molecule has 6 nitrogen and oxygen atoms in total. The summed E-state index contributed by atoms with van der Waals surface area (Å²) in [5, 5.41) is 8.03. The van der Waals surface area contributed by atoms with Crippen LogP contribution < -0.4 is 4.74 Å². The van der Waals surface area contributed by atoms with E-state index in [1.807, 2.05) is 38.1 Å². The average molecular weight is 354 g/mol. The fourth-order valence-corrected chi connectivity index (χ4v) is 3.17. The van der Waals surface area contributed by atoms with Gasteiger partial charge in [0.2, 0.25) is 0 Å². The zero-order chi connectivity index (χ0) is 18.4. The van der Waals surface area contributed by atoms with Crippen LogP contribution in [0.4, 0.5) is 0 Å². The number of carbonyl (C=O) groups is 1. The van der Waals surface area contributed by atoms with E-state index in [4.69, 9.17) is 4.74 Å². The summed E-state index contributed by atoms with van der Waals surface area (Å²) < 4.78 is 5.93. The van der Waals surface area contributed by atoms with Gasteiger partial charge in [-0.1, -0.05) is 31.4 Å². The molecule has 0 radical (unpaired) electrons. The third-order valence-electron chi connectivity index (χ3n) is 4.61. The first-order valence-corrected chi connectivity index (χ1v) is 9.28. The van der Waals surface area contributed by atoms with Crippen LogP contribution in [0.2, 0.25) is 0 Å². The van der Waals surface area contributed by atoms with Crippen LogP contribution in [0.15, 0.2) is 39.5 Å². The molecular formula is C20H26N4O2. The Morgan fingerprint density at radius 2 is 1.92 bits per heavy atom. The maximum absolute atomic E-state index is 12.0.